The monoisotopic (exact) mass is 193 g/mol. The van der Waals surface area contributed by atoms with Gasteiger partial charge in [0.2, 0.25) is 5.91 Å². The Kier molecular flexibility index (Phi) is 4.72. The maximum absolute atomic E-state index is 11.3. The molecule has 0 unspecified atom stereocenters. The number of anilines is 1. The third-order valence-corrected chi connectivity index (χ3v) is 1.81. The molecule has 0 aliphatic heterocycles. The highest BCUT2D eigenvalue weighted by Crippen LogP contribution is 2.05. The molecule has 0 heterocycles. The highest BCUT2D eigenvalue weighted by molar-refractivity contribution is 5.90. The number of nitrogens with one attached hydrogen (secondary N) is 1. The van der Waals surface area contributed by atoms with Gasteiger partial charge in [-0.3, -0.25) is 4.79 Å². The molecule has 0 aromatic heterocycles. The molecule has 0 aliphatic carbocycles. The lowest BCUT2D eigenvalue weighted by molar-refractivity contribution is -0.116. The number of carbonyl (C=O) groups excluding carboxylic acids is 1. The molecule has 1 aromatic rings. The molecule has 1 N–H and O–H groups in total. The van der Waals surface area contributed by atoms with E-state index in [4.69, 9.17) is 4.74 Å². The third kappa shape index (κ3) is 4.05. The van der Waals surface area contributed by atoms with Crippen LogP contribution in [0.25, 0.3) is 0 Å². The minimum Gasteiger partial charge on any atom is -0.385 e. The van der Waals surface area contributed by atoms with Crippen LogP contribution in [-0.4, -0.2) is 19.6 Å². The molecule has 3 heteroatoms. The van der Waals surface area contributed by atoms with Crippen LogP contribution in [0.2, 0.25) is 0 Å². The van der Waals surface area contributed by atoms with Crippen LogP contribution in [0.5, 0.6) is 0 Å². The van der Waals surface area contributed by atoms with Gasteiger partial charge in [-0.15, -0.1) is 0 Å². The van der Waals surface area contributed by atoms with Crippen molar-refractivity contribution in [3.05, 3.63) is 30.3 Å². The van der Waals surface area contributed by atoms with Crippen molar-refractivity contribution >= 4 is 11.6 Å². The number of hydrogen-bond acceptors (Lipinski definition) is 2. The van der Waals surface area contributed by atoms with E-state index in [1.807, 2.05) is 30.3 Å². The molecule has 0 spiro atoms. The minimum atomic E-state index is 0.0354. The summed E-state index contributed by atoms with van der Waals surface area (Å²) in [5, 5.41) is 2.81. The predicted octanol–water partition coefficient (Wildman–Crippen LogP) is 2.05. The van der Waals surface area contributed by atoms with E-state index < -0.39 is 0 Å². The Morgan fingerprint density at radius 2 is 2.07 bits per heavy atom. The topological polar surface area (TPSA) is 38.3 Å². The molecule has 1 amide bonds. The SMILES string of the molecule is COCCCC(=O)Nc1ccccc1. The van der Waals surface area contributed by atoms with E-state index in [0.29, 0.717) is 13.0 Å². The standard InChI is InChI=1S/C11H15NO2/c1-14-9-5-8-11(13)12-10-6-3-2-4-7-10/h2-4,6-7H,5,8-9H2,1H3,(H,12,13). The van der Waals surface area contributed by atoms with Gasteiger partial charge < -0.3 is 10.1 Å². The average Bonchev–Trinajstić information content (AvgIpc) is 2.20. The number of hydrogen-bond donors (Lipinski definition) is 1. The number of benzene rings is 1. The molecule has 0 aliphatic rings. The Labute approximate surface area is 84.1 Å². The molecule has 0 bridgehead atoms. The van der Waals surface area contributed by atoms with Crippen molar-refractivity contribution in [3.8, 4) is 0 Å². The van der Waals surface area contributed by atoms with Gasteiger partial charge in [0.15, 0.2) is 0 Å². The molecule has 76 valence electrons. The summed E-state index contributed by atoms with van der Waals surface area (Å²) in [6.07, 6.45) is 1.26. The zero-order valence-corrected chi connectivity index (χ0v) is 8.32. The zero-order valence-electron chi connectivity index (χ0n) is 8.32. The van der Waals surface area contributed by atoms with Crippen molar-refractivity contribution in [2.24, 2.45) is 0 Å². The number of rotatable bonds is 5. The van der Waals surface area contributed by atoms with Crippen molar-refractivity contribution in [1.29, 1.82) is 0 Å². The molecule has 0 saturated heterocycles. The van der Waals surface area contributed by atoms with Crippen LogP contribution in [0.3, 0.4) is 0 Å². The van der Waals surface area contributed by atoms with Crippen molar-refractivity contribution in [3.63, 3.8) is 0 Å². The van der Waals surface area contributed by atoms with Gasteiger partial charge in [-0.1, -0.05) is 18.2 Å². The molecular weight excluding hydrogens is 178 g/mol. The van der Waals surface area contributed by atoms with E-state index in [1.54, 1.807) is 7.11 Å². The van der Waals surface area contributed by atoms with E-state index in [0.717, 1.165) is 12.1 Å². The van der Waals surface area contributed by atoms with Gasteiger partial charge in [0.05, 0.1) is 0 Å². The number of methoxy groups -OCH3 is 1. The first-order valence-corrected chi connectivity index (χ1v) is 4.67. The van der Waals surface area contributed by atoms with Gasteiger partial charge in [0, 0.05) is 25.8 Å². The van der Waals surface area contributed by atoms with Crippen LogP contribution in [0.15, 0.2) is 30.3 Å². The largest absolute Gasteiger partial charge is 0.385 e. The van der Waals surface area contributed by atoms with Crippen molar-refractivity contribution < 1.29 is 9.53 Å². The second-order valence-electron chi connectivity index (χ2n) is 3.01. The molecule has 0 fully saturated rings. The lowest BCUT2D eigenvalue weighted by Gasteiger charge is -2.03. The Balaban J connectivity index is 2.27. The number of ether oxygens (including phenoxy) is 1. The maximum atomic E-state index is 11.3. The number of amides is 1. The first-order valence-electron chi connectivity index (χ1n) is 4.67. The van der Waals surface area contributed by atoms with Crippen LogP contribution < -0.4 is 5.32 Å². The Hall–Kier alpha value is -1.35. The van der Waals surface area contributed by atoms with E-state index in [2.05, 4.69) is 5.32 Å². The second kappa shape index (κ2) is 6.16. The first-order chi connectivity index (χ1) is 6.83. The van der Waals surface area contributed by atoms with Crippen LogP contribution in [-0.2, 0) is 9.53 Å². The molecule has 0 atom stereocenters. The summed E-state index contributed by atoms with van der Waals surface area (Å²) < 4.78 is 4.86. The van der Waals surface area contributed by atoms with Crippen molar-refractivity contribution in [2.45, 2.75) is 12.8 Å². The fourth-order valence-electron chi connectivity index (χ4n) is 1.12. The number of carbonyl (C=O) groups is 1. The molecule has 0 radical (unpaired) electrons. The highest BCUT2D eigenvalue weighted by Gasteiger charge is 2.00. The summed E-state index contributed by atoms with van der Waals surface area (Å²) >= 11 is 0. The minimum absolute atomic E-state index is 0.0354. The second-order valence-corrected chi connectivity index (χ2v) is 3.01. The molecule has 1 rings (SSSR count). The van der Waals surface area contributed by atoms with Gasteiger partial charge in [-0.05, 0) is 18.6 Å². The van der Waals surface area contributed by atoms with E-state index in [9.17, 15) is 4.79 Å². The van der Waals surface area contributed by atoms with E-state index >= 15 is 0 Å². The quantitative estimate of drug-likeness (QED) is 0.727. The molecule has 14 heavy (non-hydrogen) atoms. The molecule has 0 saturated carbocycles. The van der Waals surface area contributed by atoms with Gasteiger partial charge in [-0.2, -0.15) is 0 Å². The summed E-state index contributed by atoms with van der Waals surface area (Å²) in [7, 11) is 1.63. The summed E-state index contributed by atoms with van der Waals surface area (Å²) in [6.45, 7) is 0.627. The fourth-order valence-corrected chi connectivity index (χ4v) is 1.12. The lowest BCUT2D eigenvalue weighted by atomic mass is 10.3. The average molecular weight is 193 g/mol. The van der Waals surface area contributed by atoms with Crippen LogP contribution >= 0.6 is 0 Å². The Morgan fingerprint density at radius 1 is 1.36 bits per heavy atom. The fraction of sp³-hybridized carbons (Fsp3) is 0.364. The van der Waals surface area contributed by atoms with Gasteiger partial charge in [-0.25, -0.2) is 0 Å². The smallest absolute Gasteiger partial charge is 0.224 e. The maximum Gasteiger partial charge on any atom is 0.224 e. The summed E-state index contributed by atoms with van der Waals surface area (Å²) in [4.78, 5) is 11.3. The molecule has 3 nitrogen and oxygen atoms in total. The van der Waals surface area contributed by atoms with Crippen molar-refractivity contribution in [1.82, 2.24) is 0 Å². The van der Waals surface area contributed by atoms with Gasteiger partial charge >= 0.3 is 0 Å². The van der Waals surface area contributed by atoms with Crippen LogP contribution in [0.4, 0.5) is 5.69 Å². The normalized spacial score (nSPS) is 9.79. The predicted molar refractivity (Wildman–Crippen MR) is 56.2 cm³/mol. The third-order valence-electron chi connectivity index (χ3n) is 1.81. The van der Waals surface area contributed by atoms with Crippen molar-refractivity contribution in [2.75, 3.05) is 19.0 Å². The van der Waals surface area contributed by atoms with E-state index in [-0.39, 0.29) is 5.91 Å². The molecule has 1 aromatic carbocycles. The number of para-hydroxylation sites is 1. The van der Waals surface area contributed by atoms with Crippen LogP contribution in [0.1, 0.15) is 12.8 Å². The van der Waals surface area contributed by atoms with Gasteiger partial charge in [0.1, 0.15) is 0 Å². The Morgan fingerprint density at radius 3 is 2.71 bits per heavy atom. The lowest BCUT2D eigenvalue weighted by Crippen LogP contribution is -2.11. The van der Waals surface area contributed by atoms with Crippen LogP contribution in [0, 0.1) is 0 Å². The zero-order chi connectivity index (χ0) is 10.2. The summed E-state index contributed by atoms with van der Waals surface area (Å²) in [5.74, 6) is 0.0354. The summed E-state index contributed by atoms with van der Waals surface area (Å²) in [5.41, 5.74) is 0.843. The van der Waals surface area contributed by atoms with E-state index in [1.165, 1.54) is 0 Å². The molecular formula is C11H15NO2. The first kappa shape index (κ1) is 10.7. The highest BCUT2D eigenvalue weighted by atomic mass is 16.5. The van der Waals surface area contributed by atoms with Gasteiger partial charge in [0.25, 0.3) is 0 Å². The summed E-state index contributed by atoms with van der Waals surface area (Å²) in [6, 6.07) is 9.44. The Bertz CT molecular complexity index is 272.